The smallest absolute Gasteiger partial charge is 0.301 e. The summed E-state index contributed by atoms with van der Waals surface area (Å²) in [7, 11) is 0. The number of carbonyl (C=O) groups excluding carboxylic acids is 1. The topological polar surface area (TPSA) is 101 Å². The van der Waals surface area contributed by atoms with Gasteiger partial charge in [-0.25, -0.2) is 5.84 Å². The average Bonchev–Trinajstić information content (AvgIpc) is 2.92. The molecule has 0 fully saturated rings. The van der Waals surface area contributed by atoms with Crippen molar-refractivity contribution in [2.24, 2.45) is 5.84 Å². The van der Waals surface area contributed by atoms with Gasteiger partial charge in [0, 0.05) is 16.7 Å². The first-order valence-corrected chi connectivity index (χ1v) is 5.93. The number of benzene rings is 1. The number of hydrogen-bond donors (Lipinski definition) is 2. The summed E-state index contributed by atoms with van der Waals surface area (Å²) in [6, 6.07) is 8.26. The predicted octanol–water partition coefficient (Wildman–Crippen LogP) is 1.99. The molecule has 3 N–H and O–H groups in total. The Hall–Kier alpha value is -2.49. The Morgan fingerprint density at radius 3 is 3.00 bits per heavy atom. The van der Waals surface area contributed by atoms with Crippen molar-refractivity contribution in [2.45, 2.75) is 6.61 Å². The predicted molar refractivity (Wildman–Crippen MR) is 70.9 cm³/mol. The molecule has 0 saturated carbocycles. The van der Waals surface area contributed by atoms with Gasteiger partial charge in [0.1, 0.15) is 18.4 Å². The highest BCUT2D eigenvalue weighted by atomic mass is 35.5. The van der Waals surface area contributed by atoms with Crippen LogP contribution < -0.4 is 16.0 Å². The second-order valence-corrected chi connectivity index (χ2v) is 4.23. The van der Waals surface area contributed by atoms with E-state index in [-0.39, 0.29) is 12.4 Å². The Bertz CT molecular complexity index is 676. The van der Waals surface area contributed by atoms with Crippen molar-refractivity contribution >= 4 is 17.5 Å². The van der Waals surface area contributed by atoms with Gasteiger partial charge in [-0.15, -0.1) is 0 Å². The van der Waals surface area contributed by atoms with E-state index in [0.717, 1.165) is 0 Å². The molecule has 1 aromatic carbocycles. The fraction of sp³-hybridized carbons (Fsp3) is 0.0769. The number of carbonyl (C=O) groups is 1. The van der Waals surface area contributed by atoms with Crippen molar-refractivity contribution in [3.8, 4) is 11.8 Å². The number of halogens is 1. The van der Waals surface area contributed by atoms with Crippen LogP contribution in [0.1, 0.15) is 21.7 Å². The molecule has 0 radical (unpaired) electrons. The van der Waals surface area contributed by atoms with Gasteiger partial charge < -0.3 is 9.15 Å². The average molecular weight is 292 g/mol. The Morgan fingerprint density at radius 1 is 1.50 bits per heavy atom. The van der Waals surface area contributed by atoms with Crippen molar-refractivity contribution in [3.63, 3.8) is 0 Å². The molecular weight excluding hydrogens is 282 g/mol. The molecule has 1 heterocycles. The molecule has 0 spiro atoms. The Morgan fingerprint density at radius 2 is 2.30 bits per heavy atom. The number of nitrogen functional groups attached to an aromatic ring is 1. The SMILES string of the molecule is N#Cc1ccc(Cl)cc1OCc1ccoc1C(=O)NN. The molecule has 0 aliphatic rings. The highest BCUT2D eigenvalue weighted by Gasteiger charge is 2.15. The lowest BCUT2D eigenvalue weighted by atomic mass is 10.2. The summed E-state index contributed by atoms with van der Waals surface area (Å²) in [5.41, 5.74) is 2.84. The second-order valence-electron chi connectivity index (χ2n) is 3.79. The van der Waals surface area contributed by atoms with Gasteiger partial charge in [-0.3, -0.25) is 10.2 Å². The number of furan rings is 1. The fourth-order valence-electron chi connectivity index (χ4n) is 1.58. The Kier molecular flexibility index (Phi) is 4.25. The molecule has 0 aliphatic carbocycles. The molecule has 0 aliphatic heterocycles. The van der Waals surface area contributed by atoms with Crippen LogP contribution >= 0.6 is 11.6 Å². The van der Waals surface area contributed by atoms with Crippen LogP contribution in [-0.4, -0.2) is 5.91 Å². The lowest BCUT2D eigenvalue weighted by Gasteiger charge is -2.08. The van der Waals surface area contributed by atoms with E-state index in [2.05, 4.69) is 0 Å². The Balaban J connectivity index is 2.18. The first-order chi connectivity index (χ1) is 9.65. The summed E-state index contributed by atoms with van der Waals surface area (Å²) in [5, 5.41) is 9.43. The minimum atomic E-state index is -0.555. The number of nitrogens with two attached hydrogens (primary N) is 1. The minimum Gasteiger partial charge on any atom is -0.487 e. The molecule has 20 heavy (non-hydrogen) atoms. The molecule has 2 aromatic rings. The second kappa shape index (κ2) is 6.10. The first kappa shape index (κ1) is 13.9. The third kappa shape index (κ3) is 2.91. The van der Waals surface area contributed by atoms with Crippen molar-refractivity contribution in [1.82, 2.24) is 5.43 Å². The number of hydrogen-bond acceptors (Lipinski definition) is 5. The maximum absolute atomic E-state index is 11.4. The molecule has 7 heteroatoms. The summed E-state index contributed by atoms with van der Waals surface area (Å²) in [6.45, 7) is 0.0499. The number of amides is 1. The largest absolute Gasteiger partial charge is 0.487 e. The summed E-state index contributed by atoms with van der Waals surface area (Å²) in [5.74, 6) is 4.89. The molecule has 0 unspecified atom stereocenters. The Labute approximate surface area is 119 Å². The van der Waals surface area contributed by atoms with Crippen molar-refractivity contribution in [3.05, 3.63) is 52.4 Å². The van der Waals surface area contributed by atoms with Crippen molar-refractivity contribution < 1.29 is 13.9 Å². The zero-order valence-electron chi connectivity index (χ0n) is 10.2. The maximum atomic E-state index is 11.4. The first-order valence-electron chi connectivity index (χ1n) is 5.55. The summed E-state index contributed by atoms with van der Waals surface area (Å²) < 4.78 is 10.5. The van der Waals surface area contributed by atoms with E-state index in [9.17, 15) is 4.79 Å². The van der Waals surface area contributed by atoms with Gasteiger partial charge >= 0.3 is 5.91 Å². The molecule has 2 rings (SSSR count). The van der Waals surface area contributed by atoms with E-state index in [0.29, 0.717) is 21.9 Å². The number of nitrogens with one attached hydrogen (secondary N) is 1. The van der Waals surface area contributed by atoms with Crippen LogP contribution in [0.2, 0.25) is 5.02 Å². The molecule has 0 bridgehead atoms. The van der Waals surface area contributed by atoms with Crippen LogP contribution in [0.5, 0.6) is 5.75 Å². The van der Waals surface area contributed by atoms with Crippen molar-refractivity contribution in [1.29, 1.82) is 5.26 Å². The lowest BCUT2D eigenvalue weighted by molar-refractivity contribution is 0.0922. The van der Waals surface area contributed by atoms with Crippen LogP contribution in [0.15, 0.2) is 34.9 Å². The third-order valence-corrected chi connectivity index (χ3v) is 2.77. The van der Waals surface area contributed by atoms with Gasteiger partial charge in [0.2, 0.25) is 0 Å². The molecule has 6 nitrogen and oxygen atoms in total. The zero-order chi connectivity index (χ0) is 14.5. The summed E-state index contributed by atoms with van der Waals surface area (Å²) in [4.78, 5) is 11.4. The number of nitriles is 1. The van der Waals surface area contributed by atoms with Gasteiger partial charge in [-0.1, -0.05) is 11.6 Å². The summed E-state index contributed by atoms with van der Waals surface area (Å²) in [6.07, 6.45) is 1.35. The quantitative estimate of drug-likeness (QED) is 0.509. The number of nitrogens with zero attached hydrogens (tertiary/aromatic N) is 1. The highest BCUT2D eigenvalue weighted by Crippen LogP contribution is 2.24. The minimum absolute atomic E-state index is 0.0499. The molecule has 1 aromatic heterocycles. The van der Waals surface area contributed by atoms with Gasteiger partial charge in [-0.2, -0.15) is 5.26 Å². The van der Waals surface area contributed by atoms with E-state index < -0.39 is 5.91 Å². The van der Waals surface area contributed by atoms with E-state index in [1.54, 1.807) is 18.2 Å². The van der Waals surface area contributed by atoms with E-state index in [1.165, 1.54) is 12.3 Å². The number of hydrazine groups is 1. The number of ether oxygens (including phenoxy) is 1. The fourth-order valence-corrected chi connectivity index (χ4v) is 1.74. The van der Waals surface area contributed by atoms with Crippen LogP contribution in [0.4, 0.5) is 0 Å². The van der Waals surface area contributed by atoms with Gasteiger partial charge in [-0.05, 0) is 18.2 Å². The van der Waals surface area contributed by atoms with Crippen LogP contribution in [-0.2, 0) is 6.61 Å². The third-order valence-electron chi connectivity index (χ3n) is 2.53. The standard InChI is InChI=1S/C13H10ClN3O3/c14-10-2-1-8(6-15)11(5-10)20-7-9-3-4-19-12(9)13(18)17-16/h1-5H,7,16H2,(H,17,18). The maximum Gasteiger partial charge on any atom is 0.301 e. The molecule has 1 amide bonds. The van der Waals surface area contributed by atoms with Crippen molar-refractivity contribution in [2.75, 3.05) is 0 Å². The normalized spacial score (nSPS) is 9.85. The van der Waals surface area contributed by atoms with Crippen LogP contribution in [0.3, 0.4) is 0 Å². The molecule has 0 saturated heterocycles. The van der Waals surface area contributed by atoms with Gasteiger partial charge in [0.25, 0.3) is 0 Å². The van der Waals surface area contributed by atoms with Crippen LogP contribution in [0.25, 0.3) is 0 Å². The zero-order valence-corrected chi connectivity index (χ0v) is 11.0. The van der Waals surface area contributed by atoms with E-state index >= 15 is 0 Å². The monoisotopic (exact) mass is 291 g/mol. The molecule has 102 valence electrons. The molecular formula is C13H10ClN3O3. The van der Waals surface area contributed by atoms with Crippen LogP contribution in [0, 0.1) is 11.3 Å². The lowest BCUT2D eigenvalue weighted by Crippen LogP contribution is -2.30. The number of rotatable bonds is 4. The van der Waals surface area contributed by atoms with Gasteiger partial charge in [0.05, 0.1) is 11.8 Å². The highest BCUT2D eigenvalue weighted by molar-refractivity contribution is 6.30. The van der Waals surface area contributed by atoms with E-state index in [1.807, 2.05) is 11.5 Å². The molecule has 0 atom stereocenters. The van der Waals surface area contributed by atoms with E-state index in [4.69, 9.17) is 31.9 Å². The van der Waals surface area contributed by atoms with Gasteiger partial charge in [0.15, 0.2) is 5.76 Å². The summed E-state index contributed by atoms with van der Waals surface area (Å²) >= 11 is 5.85.